The minimum atomic E-state index is 0.194. The van der Waals surface area contributed by atoms with Gasteiger partial charge in [-0.2, -0.15) is 4.98 Å². The number of aromatic nitrogens is 2. The predicted octanol–water partition coefficient (Wildman–Crippen LogP) is 4.19. The van der Waals surface area contributed by atoms with Crippen LogP contribution >= 0.6 is 0 Å². The van der Waals surface area contributed by atoms with Crippen molar-refractivity contribution < 1.29 is 9.10 Å². The van der Waals surface area contributed by atoms with Crippen LogP contribution in [0, 0.1) is 0 Å². The number of unbranched alkanes of at least 4 members (excludes halogenated alkanes) is 7. The van der Waals surface area contributed by atoms with Crippen molar-refractivity contribution in [2.45, 2.75) is 77.0 Å². The molecule has 3 rings (SSSR count). The molecule has 1 aliphatic rings. The first-order valence-corrected chi connectivity index (χ1v) is 11.2. The van der Waals surface area contributed by atoms with Crippen LogP contribution in [-0.2, 0) is 6.42 Å². The summed E-state index contributed by atoms with van der Waals surface area (Å²) in [6.07, 6.45) is 12.9. The molecule has 1 aromatic carbocycles. The molecular formula is C23H36N5O+. The molecule has 2 heterocycles. The van der Waals surface area contributed by atoms with Crippen molar-refractivity contribution in [3.8, 4) is 11.4 Å². The van der Waals surface area contributed by atoms with E-state index >= 15 is 0 Å². The zero-order valence-corrected chi connectivity index (χ0v) is 17.8. The third-order valence-electron chi connectivity index (χ3n) is 5.88. The second-order valence-corrected chi connectivity index (χ2v) is 8.23. The molecule has 0 bridgehead atoms. The highest BCUT2D eigenvalue weighted by molar-refractivity contribution is 5.70. The van der Waals surface area contributed by atoms with Gasteiger partial charge in [-0.15, -0.1) is 0 Å². The minimum absolute atomic E-state index is 0.194. The Hall–Kier alpha value is -2.37. The van der Waals surface area contributed by atoms with E-state index in [1.54, 1.807) is 0 Å². The lowest BCUT2D eigenvalue weighted by Crippen LogP contribution is -2.34. The number of benzene rings is 1. The van der Waals surface area contributed by atoms with E-state index in [1.807, 2.05) is 4.58 Å². The molecule has 158 valence electrons. The van der Waals surface area contributed by atoms with Gasteiger partial charge in [0.25, 0.3) is 0 Å². The fourth-order valence-electron chi connectivity index (χ4n) is 4.00. The molecule has 0 unspecified atom stereocenters. The molecule has 6 nitrogen and oxygen atoms in total. The molecular weight excluding hydrogens is 362 g/mol. The molecule has 1 aromatic heterocycles. The molecule has 0 amide bonds. The zero-order valence-electron chi connectivity index (χ0n) is 17.8. The van der Waals surface area contributed by atoms with Gasteiger partial charge in [0.2, 0.25) is 11.7 Å². The fourth-order valence-corrected chi connectivity index (χ4v) is 4.00. The lowest BCUT2D eigenvalue weighted by Gasteiger charge is -2.03. The third-order valence-corrected chi connectivity index (χ3v) is 5.88. The molecule has 2 aromatic rings. The first kappa shape index (κ1) is 21.3. The standard InChI is InChI=1S/C23H35N5O/c1-2-3-4-5-6-7-8-9-10-18-11-13-19(14-12-18)21-26-22(29-27-21)20-15-16-28(17-20)23(24)25/h11-14,20H,2-10,15-17H2,1H3,(H3,24,25)/p+1/t20-/m0/s1. The van der Waals surface area contributed by atoms with Crippen molar-refractivity contribution in [1.29, 1.82) is 0 Å². The van der Waals surface area contributed by atoms with Gasteiger partial charge < -0.3 is 4.52 Å². The Balaban J connectivity index is 1.44. The van der Waals surface area contributed by atoms with E-state index < -0.39 is 0 Å². The molecule has 29 heavy (non-hydrogen) atoms. The molecule has 1 saturated heterocycles. The maximum Gasteiger partial charge on any atom is 0.341 e. The summed E-state index contributed by atoms with van der Waals surface area (Å²) in [6.45, 7) is 3.84. The van der Waals surface area contributed by atoms with Crippen molar-refractivity contribution >= 4 is 5.96 Å². The molecule has 6 heteroatoms. The van der Waals surface area contributed by atoms with Crippen LogP contribution in [0.3, 0.4) is 0 Å². The summed E-state index contributed by atoms with van der Waals surface area (Å²) in [6, 6.07) is 8.57. The second-order valence-electron chi connectivity index (χ2n) is 8.23. The van der Waals surface area contributed by atoms with E-state index in [9.17, 15) is 0 Å². The highest BCUT2D eigenvalue weighted by atomic mass is 16.5. The van der Waals surface area contributed by atoms with Crippen molar-refractivity contribution in [2.24, 2.45) is 11.5 Å². The Morgan fingerprint density at radius 2 is 1.72 bits per heavy atom. The normalized spacial score (nSPS) is 16.4. The van der Waals surface area contributed by atoms with Crippen LogP contribution in [0.2, 0.25) is 0 Å². The van der Waals surface area contributed by atoms with Gasteiger partial charge in [-0.3, -0.25) is 16.0 Å². The molecule has 0 saturated carbocycles. The molecule has 0 spiro atoms. The van der Waals surface area contributed by atoms with Gasteiger partial charge in [0.05, 0.1) is 19.0 Å². The smallest absolute Gasteiger partial charge is 0.339 e. The largest absolute Gasteiger partial charge is 0.341 e. The summed E-state index contributed by atoms with van der Waals surface area (Å²) in [5, 5.41) is 4.17. The summed E-state index contributed by atoms with van der Waals surface area (Å²) in [4.78, 5) is 4.61. The summed E-state index contributed by atoms with van der Waals surface area (Å²) in [5.74, 6) is 1.88. The van der Waals surface area contributed by atoms with Crippen molar-refractivity contribution in [2.75, 3.05) is 13.1 Å². The van der Waals surface area contributed by atoms with E-state index in [-0.39, 0.29) is 5.92 Å². The first-order valence-electron chi connectivity index (χ1n) is 11.2. The quantitative estimate of drug-likeness (QED) is 0.336. The van der Waals surface area contributed by atoms with Crippen LogP contribution in [-0.4, -0.2) is 33.8 Å². The van der Waals surface area contributed by atoms with Gasteiger partial charge in [-0.05, 0) is 24.8 Å². The molecule has 4 N–H and O–H groups in total. The number of nitrogens with two attached hydrogens (primary N) is 2. The molecule has 1 fully saturated rings. The average molecular weight is 399 g/mol. The molecule has 0 radical (unpaired) electrons. The third kappa shape index (κ3) is 6.31. The topological polar surface area (TPSA) is 94.0 Å². The number of aryl methyl sites for hydroxylation is 1. The Kier molecular flexibility index (Phi) is 8.08. The Morgan fingerprint density at radius 1 is 1.03 bits per heavy atom. The van der Waals surface area contributed by atoms with Gasteiger partial charge in [0, 0.05) is 5.56 Å². The number of guanidine groups is 1. The summed E-state index contributed by atoms with van der Waals surface area (Å²) < 4.78 is 7.46. The number of nitrogens with zero attached hydrogens (tertiary/aromatic N) is 3. The van der Waals surface area contributed by atoms with Gasteiger partial charge >= 0.3 is 5.96 Å². The summed E-state index contributed by atoms with van der Waals surface area (Å²) in [7, 11) is 0. The van der Waals surface area contributed by atoms with E-state index in [1.165, 1.54) is 56.9 Å². The van der Waals surface area contributed by atoms with Crippen molar-refractivity contribution in [3.63, 3.8) is 0 Å². The lowest BCUT2D eigenvalue weighted by molar-refractivity contribution is -0.509. The van der Waals surface area contributed by atoms with E-state index in [4.69, 9.17) is 16.0 Å². The summed E-state index contributed by atoms with van der Waals surface area (Å²) in [5.41, 5.74) is 13.7. The van der Waals surface area contributed by atoms with Gasteiger partial charge in [0.1, 0.15) is 0 Å². The lowest BCUT2D eigenvalue weighted by atomic mass is 10.0. The number of hydrogen-bond acceptors (Lipinski definition) is 3. The Morgan fingerprint density at radius 3 is 2.38 bits per heavy atom. The predicted molar refractivity (Wildman–Crippen MR) is 117 cm³/mol. The minimum Gasteiger partial charge on any atom is -0.339 e. The number of hydrogen-bond donors (Lipinski definition) is 2. The second kappa shape index (κ2) is 11.0. The van der Waals surface area contributed by atoms with Crippen LogP contribution in [0.5, 0.6) is 0 Å². The van der Waals surface area contributed by atoms with Crippen LogP contribution in [0.1, 0.15) is 82.1 Å². The first-order chi connectivity index (χ1) is 14.2. The molecule has 1 aliphatic heterocycles. The van der Waals surface area contributed by atoms with E-state index in [2.05, 4.69) is 41.3 Å². The Bertz CT molecular complexity index is 777. The fraction of sp³-hybridized carbons (Fsp3) is 0.609. The van der Waals surface area contributed by atoms with E-state index in [0.29, 0.717) is 17.7 Å². The van der Waals surface area contributed by atoms with Gasteiger partial charge in [0.15, 0.2) is 0 Å². The van der Waals surface area contributed by atoms with Crippen LogP contribution in [0.15, 0.2) is 28.8 Å². The monoisotopic (exact) mass is 398 g/mol. The van der Waals surface area contributed by atoms with E-state index in [0.717, 1.165) is 31.5 Å². The van der Waals surface area contributed by atoms with Crippen molar-refractivity contribution in [1.82, 2.24) is 10.1 Å². The van der Waals surface area contributed by atoms with Crippen LogP contribution < -0.4 is 11.5 Å². The number of rotatable bonds is 11. The van der Waals surface area contributed by atoms with Gasteiger partial charge in [-0.25, -0.2) is 0 Å². The molecule has 1 atom stereocenters. The summed E-state index contributed by atoms with van der Waals surface area (Å²) >= 11 is 0. The van der Waals surface area contributed by atoms with Crippen LogP contribution in [0.4, 0.5) is 0 Å². The van der Waals surface area contributed by atoms with Gasteiger partial charge in [-0.1, -0.05) is 81.3 Å². The maximum absolute atomic E-state index is 5.68. The molecule has 0 aliphatic carbocycles. The maximum atomic E-state index is 5.68. The SMILES string of the molecule is CCCCCCCCCCc1ccc(-c2noc([C@H]3CC[N+](=C(N)N)C3)n2)cc1. The van der Waals surface area contributed by atoms with Crippen LogP contribution in [0.25, 0.3) is 11.4 Å². The van der Waals surface area contributed by atoms with Crippen molar-refractivity contribution in [3.05, 3.63) is 35.7 Å². The highest BCUT2D eigenvalue weighted by Gasteiger charge is 2.29. The highest BCUT2D eigenvalue weighted by Crippen LogP contribution is 2.26. The average Bonchev–Trinajstić information content (AvgIpc) is 3.40. The Labute approximate surface area is 174 Å². The zero-order chi connectivity index (χ0) is 20.5.